The van der Waals surface area contributed by atoms with Crippen molar-refractivity contribution >= 4 is 0 Å². The van der Waals surface area contributed by atoms with Gasteiger partial charge in [0, 0.05) is 18.0 Å². The first kappa shape index (κ1) is 17.1. The first-order valence-electron chi connectivity index (χ1n) is 8.27. The van der Waals surface area contributed by atoms with E-state index in [1.165, 1.54) is 6.07 Å². The number of pyridine rings is 1. The highest BCUT2D eigenvalue weighted by molar-refractivity contribution is 5.64. The SMILES string of the molecule is O[C@H](CCc1cccnc1)COc1ccc(-c2ccccc2F)cc1. The second-order valence-corrected chi connectivity index (χ2v) is 5.87. The van der Waals surface area contributed by atoms with Crippen LogP contribution < -0.4 is 4.74 Å². The molecule has 3 aromatic rings. The second kappa shape index (κ2) is 8.40. The summed E-state index contributed by atoms with van der Waals surface area (Å²) in [6.45, 7) is 0.222. The number of aliphatic hydroxyl groups excluding tert-OH is 1. The molecule has 4 heteroatoms. The summed E-state index contributed by atoms with van der Waals surface area (Å²) in [6, 6.07) is 17.7. The van der Waals surface area contributed by atoms with E-state index in [0.29, 0.717) is 17.7 Å². The molecule has 0 unspecified atom stereocenters. The van der Waals surface area contributed by atoms with Gasteiger partial charge >= 0.3 is 0 Å². The molecule has 25 heavy (non-hydrogen) atoms. The van der Waals surface area contributed by atoms with Gasteiger partial charge in [-0.2, -0.15) is 0 Å². The lowest BCUT2D eigenvalue weighted by atomic mass is 10.1. The van der Waals surface area contributed by atoms with Crippen LogP contribution in [0.5, 0.6) is 5.75 Å². The number of aromatic nitrogens is 1. The summed E-state index contributed by atoms with van der Waals surface area (Å²) < 4.78 is 19.4. The third-order valence-corrected chi connectivity index (χ3v) is 3.97. The van der Waals surface area contributed by atoms with Crippen LogP contribution in [0.1, 0.15) is 12.0 Å². The molecule has 0 spiro atoms. The van der Waals surface area contributed by atoms with Gasteiger partial charge in [-0.1, -0.05) is 36.4 Å². The van der Waals surface area contributed by atoms with E-state index in [4.69, 9.17) is 4.74 Å². The molecule has 128 valence electrons. The van der Waals surface area contributed by atoms with Crippen LogP contribution in [-0.4, -0.2) is 22.8 Å². The number of benzene rings is 2. The zero-order chi connectivity index (χ0) is 17.5. The predicted molar refractivity (Wildman–Crippen MR) is 95.9 cm³/mol. The van der Waals surface area contributed by atoms with Crippen LogP contribution in [0.3, 0.4) is 0 Å². The van der Waals surface area contributed by atoms with E-state index in [0.717, 1.165) is 17.5 Å². The zero-order valence-electron chi connectivity index (χ0n) is 13.8. The Morgan fingerprint density at radius 1 is 1.00 bits per heavy atom. The number of nitrogens with zero attached hydrogens (tertiary/aromatic N) is 1. The van der Waals surface area contributed by atoms with Gasteiger partial charge < -0.3 is 9.84 Å². The monoisotopic (exact) mass is 337 g/mol. The molecule has 0 aliphatic rings. The second-order valence-electron chi connectivity index (χ2n) is 5.87. The fourth-order valence-corrected chi connectivity index (χ4v) is 2.58. The summed E-state index contributed by atoms with van der Waals surface area (Å²) in [5.41, 5.74) is 2.45. The number of aryl methyl sites for hydroxylation is 1. The maximum absolute atomic E-state index is 13.8. The van der Waals surface area contributed by atoms with Crippen LogP contribution in [0, 0.1) is 5.82 Å². The van der Waals surface area contributed by atoms with Crippen LogP contribution in [-0.2, 0) is 6.42 Å². The quantitative estimate of drug-likeness (QED) is 0.700. The minimum absolute atomic E-state index is 0.222. The third kappa shape index (κ3) is 4.88. The molecule has 0 bridgehead atoms. The molecule has 3 nitrogen and oxygen atoms in total. The van der Waals surface area contributed by atoms with Gasteiger partial charge in [0.1, 0.15) is 18.2 Å². The molecule has 0 saturated heterocycles. The highest BCUT2D eigenvalue weighted by Crippen LogP contribution is 2.24. The summed E-state index contributed by atoms with van der Waals surface area (Å²) in [7, 11) is 0. The molecule has 0 aliphatic carbocycles. The van der Waals surface area contributed by atoms with E-state index in [2.05, 4.69) is 4.98 Å². The zero-order valence-corrected chi connectivity index (χ0v) is 13.8. The van der Waals surface area contributed by atoms with Crippen molar-refractivity contribution in [1.82, 2.24) is 4.98 Å². The lowest BCUT2D eigenvalue weighted by Gasteiger charge is -2.13. The highest BCUT2D eigenvalue weighted by atomic mass is 19.1. The fourth-order valence-electron chi connectivity index (χ4n) is 2.58. The van der Waals surface area contributed by atoms with Crippen molar-refractivity contribution in [3.05, 3.63) is 84.4 Å². The maximum atomic E-state index is 13.8. The van der Waals surface area contributed by atoms with Gasteiger partial charge in [-0.25, -0.2) is 4.39 Å². The van der Waals surface area contributed by atoms with E-state index in [1.54, 1.807) is 42.7 Å². The Morgan fingerprint density at radius 2 is 1.80 bits per heavy atom. The van der Waals surface area contributed by atoms with E-state index in [9.17, 15) is 9.50 Å². The lowest BCUT2D eigenvalue weighted by Crippen LogP contribution is -2.18. The van der Waals surface area contributed by atoms with Gasteiger partial charge in [0.2, 0.25) is 0 Å². The largest absolute Gasteiger partial charge is 0.491 e. The fraction of sp³-hybridized carbons (Fsp3) is 0.190. The van der Waals surface area contributed by atoms with Crippen LogP contribution in [0.2, 0.25) is 0 Å². The average Bonchev–Trinajstić information content (AvgIpc) is 2.66. The molecule has 1 heterocycles. The van der Waals surface area contributed by atoms with Crippen molar-refractivity contribution < 1.29 is 14.2 Å². The average molecular weight is 337 g/mol. The Morgan fingerprint density at radius 3 is 2.52 bits per heavy atom. The summed E-state index contributed by atoms with van der Waals surface area (Å²) in [5, 5.41) is 10.0. The molecular formula is C21H20FNO2. The number of rotatable bonds is 7. The number of hydrogen-bond donors (Lipinski definition) is 1. The Balaban J connectivity index is 1.51. The smallest absolute Gasteiger partial charge is 0.131 e. The summed E-state index contributed by atoms with van der Waals surface area (Å²) in [6.07, 6.45) is 4.35. The third-order valence-electron chi connectivity index (χ3n) is 3.97. The van der Waals surface area contributed by atoms with Gasteiger partial charge in [0.15, 0.2) is 0 Å². The van der Waals surface area contributed by atoms with E-state index < -0.39 is 6.10 Å². The van der Waals surface area contributed by atoms with Crippen molar-refractivity contribution in [3.63, 3.8) is 0 Å². The summed E-state index contributed by atoms with van der Waals surface area (Å²) in [5.74, 6) is 0.405. The molecule has 2 aromatic carbocycles. The standard InChI is InChI=1S/C21H20FNO2/c22-21-6-2-1-5-20(21)17-8-11-19(12-9-17)25-15-18(24)10-7-16-4-3-13-23-14-16/h1-6,8-9,11-14,18,24H,7,10,15H2/t18-/m1/s1. The first-order valence-corrected chi connectivity index (χ1v) is 8.27. The number of halogens is 1. The van der Waals surface area contributed by atoms with E-state index in [1.807, 2.05) is 24.3 Å². The number of ether oxygens (including phenoxy) is 1. The molecule has 0 saturated carbocycles. The van der Waals surface area contributed by atoms with Gasteiger partial charge in [-0.15, -0.1) is 0 Å². The van der Waals surface area contributed by atoms with Gasteiger partial charge in [-0.05, 0) is 48.2 Å². The molecule has 1 N–H and O–H groups in total. The molecule has 1 atom stereocenters. The van der Waals surface area contributed by atoms with Crippen molar-refractivity contribution in [1.29, 1.82) is 0 Å². The van der Waals surface area contributed by atoms with Crippen molar-refractivity contribution in [2.45, 2.75) is 18.9 Å². The molecule has 1 aromatic heterocycles. The first-order chi connectivity index (χ1) is 12.2. The van der Waals surface area contributed by atoms with Gasteiger partial charge in [-0.3, -0.25) is 4.98 Å². The van der Waals surface area contributed by atoms with E-state index >= 15 is 0 Å². The lowest BCUT2D eigenvalue weighted by molar-refractivity contribution is 0.100. The number of aliphatic hydroxyl groups is 1. The minimum atomic E-state index is -0.550. The van der Waals surface area contributed by atoms with Crippen LogP contribution >= 0.6 is 0 Å². The Hall–Kier alpha value is -2.72. The van der Waals surface area contributed by atoms with Gasteiger partial charge in [0.25, 0.3) is 0 Å². The van der Waals surface area contributed by atoms with Crippen LogP contribution in [0.4, 0.5) is 4.39 Å². The van der Waals surface area contributed by atoms with Crippen molar-refractivity contribution in [2.24, 2.45) is 0 Å². The minimum Gasteiger partial charge on any atom is -0.491 e. The highest BCUT2D eigenvalue weighted by Gasteiger charge is 2.07. The number of hydrogen-bond acceptors (Lipinski definition) is 3. The summed E-state index contributed by atoms with van der Waals surface area (Å²) >= 11 is 0. The van der Waals surface area contributed by atoms with Crippen LogP contribution in [0.15, 0.2) is 73.1 Å². The Bertz CT molecular complexity index is 791. The predicted octanol–water partition coefficient (Wildman–Crippen LogP) is 4.26. The van der Waals surface area contributed by atoms with Crippen molar-refractivity contribution in [2.75, 3.05) is 6.61 Å². The topological polar surface area (TPSA) is 42.4 Å². The molecular weight excluding hydrogens is 317 g/mol. The Labute approximate surface area is 146 Å². The normalized spacial score (nSPS) is 11.9. The van der Waals surface area contributed by atoms with Crippen molar-refractivity contribution in [3.8, 4) is 16.9 Å². The Kier molecular flexibility index (Phi) is 5.75. The van der Waals surface area contributed by atoms with E-state index in [-0.39, 0.29) is 12.4 Å². The molecule has 3 rings (SSSR count). The van der Waals surface area contributed by atoms with Crippen LogP contribution in [0.25, 0.3) is 11.1 Å². The molecule has 0 radical (unpaired) electrons. The molecule has 0 amide bonds. The molecule has 0 fully saturated rings. The van der Waals surface area contributed by atoms with Gasteiger partial charge in [0.05, 0.1) is 6.10 Å². The summed E-state index contributed by atoms with van der Waals surface area (Å²) in [4.78, 5) is 4.06. The maximum Gasteiger partial charge on any atom is 0.131 e. The molecule has 0 aliphatic heterocycles.